The molecule has 1 aliphatic rings. The van der Waals surface area contributed by atoms with Gasteiger partial charge < -0.3 is 10.1 Å². The zero-order chi connectivity index (χ0) is 10.8. The van der Waals surface area contributed by atoms with E-state index in [-0.39, 0.29) is 0 Å². The Labute approximate surface area is 88.4 Å². The molecule has 2 nitrogen and oxygen atoms in total. The highest BCUT2D eigenvalue weighted by Crippen LogP contribution is 2.62. The minimum Gasteiger partial charge on any atom is -0.382 e. The largest absolute Gasteiger partial charge is 0.382 e. The summed E-state index contributed by atoms with van der Waals surface area (Å²) in [6.45, 7) is 14.2. The Kier molecular flexibility index (Phi) is 3.59. The molecule has 0 saturated heterocycles. The Hall–Kier alpha value is -0.0800. The molecule has 1 aliphatic carbocycles. The van der Waals surface area contributed by atoms with Crippen molar-refractivity contribution in [2.24, 2.45) is 10.8 Å². The number of nitrogens with one attached hydrogen (secondary N) is 1. The Morgan fingerprint density at radius 2 is 1.71 bits per heavy atom. The van der Waals surface area contributed by atoms with Gasteiger partial charge in [0.05, 0.1) is 0 Å². The first-order valence-electron chi connectivity index (χ1n) is 5.75. The third-order valence-corrected chi connectivity index (χ3v) is 4.04. The van der Waals surface area contributed by atoms with E-state index in [1.807, 2.05) is 6.92 Å². The van der Waals surface area contributed by atoms with Crippen LogP contribution >= 0.6 is 0 Å². The third-order valence-electron chi connectivity index (χ3n) is 4.04. The summed E-state index contributed by atoms with van der Waals surface area (Å²) in [5.41, 5.74) is 0.914. The maximum Gasteiger partial charge on any atom is 0.0477 e. The number of hydrogen-bond donors (Lipinski definition) is 1. The Bertz CT molecular complexity index is 173. The molecule has 1 saturated carbocycles. The van der Waals surface area contributed by atoms with Crippen LogP contribution < -0.4 is 5.32 Å². The highest BCUT2D eigenvalue weighted by molar-refractivity contribution is 5.17. The Morgan fingerprint density at radius 3 is 2.14 bits per heavy atom. The molecule has 0 aromatic rings. The molecule has 0 aromatic heterocycles. The molecule has 0 unspecified atom stereocenters. The number of rotatable bonds is 6. The monoisotopic (exact) mass is 199 g/mol. The Morgan fingerprint density at radius 1 is 1.14 bits per heavy atom. The fraction of sp³-hybridized carbons (Fsp3) is 1.00. The fourth-order valence-corrected chi connectivity index (χ4v) is 2.27. The van der Waals surface area contributed by atoms with E-state index < -0.39 is 0 Å². The lowest BCUT2D eigenvalue weighted by Gasteiger charge is -2.06. The first-order chi connectivity index (χ1) is 6.44. The van der Waals surface area contributed by atoms with E-state index in [2.05, 4.69) is 33.0 Å². The molecule has 2 heteroatoms. The minimum absolute atomic E-state index is 0.457. The molecule has 84 valence electrons. The van der Waals surface area contributed by atoms with Crippen molar-refractivity contribution < 1.29 is 4.74 Å². The molecule has 1 rings (SSSR count). The summed E-state index contributed by atoms with van der Waals surface area (Å²) >= 11 is 0. The van der Waals surface area contributed by atoms with E-state index >= 15 is 0 Å². The molecule has 0 bridgehead atoms. The second-order valence-corrected chi connectivity index (χ2v) is 5.38. The summed E-state index contributed by atoms with van der Waals surface area (Å²) < 4.78 is 5.30. The predicted molar refractivity (Wildman–Crippen MR) is 60.5 cm³/mol. The second kappa shape index (κ2) is 4.19. The normalized spacial score (nSPS) is 23.8. The molecule has 0 spiro atoms. The van der Waals surface area contributed by atoms with Crippen LogP contribution in [-0.4, -0.2) is 25.8 Å². The average Bonchev–Trinajstić information content (AvgIpc) is 2.46. The quantitative estimate of drug-likeness (QED) is 0.663. The van der Waals surface area contributed by atoms with Crippen molar-refractivity contribution in [1.29, 1.82) is 0 Å². The molecule has 14 heavy (non-hydrogen) atoms. The van der Waals surface area contributed by atoms with E-state index in [1.165, 1.54) is 0 Å². The summed E-state index contributed by atoms with van der Waals surface area (Å²) in [5.74, 6) is 0. The van der Waals surface area contributed by atoms with Crippen LogP contribution in [-0.2, 0) is 4.74 Å². The molecule has 0 heterocycles. The lowest BCUT2D eigenvalue weighted by molar-refractivity contribution is 0.144. The molecule has 0 atom stereocenters. The van der Waals surface area contributed by atoms with Gasteiger partial charge in [0.15, 0.2) is 0 Å². The van der Waals surface area contributed by atoms with E-state index in [9.17, 15) is 0 Å². The van der Waals surface area contributed by atoms with Crippen LogP contribution in [0.4, 0.5) is 0 Å². The molecule has 0 aromatic carbocycles. The van der Waals surface area contributed by atoms with Crippen molar-refractivity contribution in [2.75, 3.05) is 19.8 Å². The molecular weight excluding hydrogens is 174 g/mol. The maximum absolute atomic E-state index is 5.30. The zero-order valence-electron chi connectivity index (χ0n) is 10.3. The summed E-state index contributed by atoms with van der Waals surface area (Å²) in [6, 6.07) is 0.677. The zero-order valence-corrected chi connectivity index (χ0v) is 10.3. The summed E-state index contributed by atoms with van der Waals surface area (Å²) in [5, 5.41) is 3.62. The van der Waals surface area contributed by atoms with Gasteiger partial charge in [0.1, 0.15) is 0 Å². The summed E-state index contributed by atoms with van der Waals surface area (Å²) in [7, 11) is 0. The van der Waals surface area contributed by atoms with Crippen LogP contribution in [0.1, 0.15) is 41.0 Å². The van der Waals surface area contributed by atoms with Crippen molar-refractivity contribution in [3.63, 3.8) is 0 Å². The lowest BCUT2D eigenvalue weighted by Crippen LogP contribution is -2.24. The number of hydrogen-bond acceptors (Lipinski definition) is 2. The Balaban J connectivity index is 2.10. The van der Waals surface area contributed by atoms with Crippen LogP contribution in [0.3, 0.4) is 0 Å². The maximum atomic E-state index is 5.30. The first-order valence-corrected chi connectivity index (χ1v) is 5.75. The van der Waals surface area contributed by atoms with Gasteiger partial charge in [-0.3, -0.25) is 0 Å². The van der Waals surface area contributed by atoms with Crippen molar-refractivity contribution in [3.8, 4) is 0 Å². The van der Waals surface area contributed by atoms with Gasteiger partial charge in [0.25, 0.3) is 0 Å². The van der Waals surface area contributed by atoms with Crippen LogP contribution in [0.15, 0.2) is 0 Å². The molecule has 1 fully saturated rings. The van der Waals surface area contributed by atoms with Crippen LogP contribution in [0, 0.1) is 10.8 Å². The smallest absolute Gasteiger partial charge is 0.0477 e. The van der Waals surface area contributed by atoms with Gasteiger partial charge in [0.2, 0.25) is 0 Å². The molecule has 0 aliphatic heterocycles. The van der Waals surface area contributed by atoms with Crippen LogP contribution in [0.25, 0.3) is 0 Å². The van der Waals surface area contributed by atoms with E-state index in [0.717, 1.165) is 26.2 Å². The predicted octanol–water partition coefficient (Wildman–Crippen LogP) is 2.44. The first kappa shape index (κ1) is 12.0. The molecule has 0 amide bonds. The van der Waals surface area contributed by atoms with Gasteiger partial charge >= 0.3 is 0 Å². The van der Waals surface area contributed by atoms with Gasteiger partial charge in [-0.1, -0.05) is 27.7 Å². The lowest BCUT2D eigenvalue weighted by atomic mass is 10.0. The average molecular weight is 199 g/mol. The standard InChI is InChI=1S/C12H25NO/c1-6-14-9-7-8-13-10-11(2,3)12(10,4)5/h10,13H,6-9H2,1-5H3. The fourth-order valence-electron chi connectivity index (χ4n) is 2.27. The van der Waals surface area contributed by atoms with Crippen LogP contribution in [0.5, 0.6) is 0 Å². The van der Waals surface area contributed by atoms with Crippen LogP contribution in [0.2, 0.25) is 0 Å². The highest BCUT2D eigenvalue weighted by atomic mass is 16.5. The highest BCUT2D eigenvalue weighted by Gasteiger charge is 2.64. The second-order valence-electron chi connectivity index (χ2n) is 5.38. The van der Waals surface area contributed by atoms with Gasteiger partial charge in [-0.05, 0) is 30.7 Å². The van der Waals surface area contributed by atoms with Gasteiger partial charge in [-0.15, -0.1) is 0 Å². The molecule has 0 radical (unpaired) electrons. The summed E-state index contributed by atoms with van der Waals surface area (Å²) in [6.07, 6.45) is 1.12. The topological polar surface area (TPSA) is 21.3 Å². The van der Waals surface area contributed by atoms with Gasteiger partial charge in [0, 0.05) is 19.3 Å². The minimum atomic E-state index is 0.457. The molecule has 1 N–H and O–H groups in total. The van der Waals surface area contributed by atoms with Crippen molar-refractivity contribution in [3.05, 3.63) is 0 Å². The van der Waals surface area contributed by atoms with E-state index in [0.29, 0.717) is 16.9 Å². The van der Waals surface area contributed by atoms with E-state index in [1.54, 1.807) is 0 Å². The number of ether oxygens (including phenoxy) is 1. The van der Waals surface area contributed by atoms with E-state index in [4.69, 9.17) is 4.74 Å². The SMILES string of the molecule is CCOCCCNC1C(C)(C)C1(C)C. The van der Waals surface area contributed by atoms with Gasteiger partial charge in [-0.25, -0.2) is 0 Å². The van der Waals surface area contributed by atoms with Crippen molar-refractivity contribution >= 4 is 0 Å². The summed E-state index contributed by atoms with van der Waals surface area (Å²) in [4.78, 5) is 0. The third kappa shape index (κ3) is 2.12. The van der Waals surface area contributed by atoms with Crippen molar-refractivity contribution in [1.82, 2.24) is 5.32 Å². The molecular formula is C12H25NO. The van der Waals surface area contributed by atoms with Crippen molar-refractivity contribution in [2.45, 2.75) is 47.1 Å². The van der Waals surface area contributed by atoms with Gasteiger partial charge in [-0.2, -0.15) is 0 Å².